The highest BCUT2D eigenvalue weighted by Crippen LogP contribution is 2.37. The molecule has 0 bridgehead atoms. The predicted molar refractivity (Wildman–Crippen MR) is 89.5 cm³/mol. The lowest BCUT2D eigenvalue weighted by Gasteiger charge is -2.47. The molecule has 2 fully saturated rings. The molecule has 2 atom stereocenters. The molecule has 1 aliphatic carbocycles. The molecule has 0 spiro atoms. The molecule has 3 heteroatoms. The van der Waals surface area contributed by atoms with Crippen LogP contribution in [0.25, 0.3) is 0 Å². The van der Waals surface area contributed by atoms with Gasteiger partial charge in [-0.05, 0) is 69.5 Å². The second kappa shape index (κ2) is 6.97. The van der Waals surface area contributed by atoms with Crippen molar-refractivity contribution in [2.75, 3.05) is 26.2 Å². The third-order valence-corrected chi connectivity index (χ3v) is 5.94. The zero-order valence-electron chi connectivity index (χ0n) is 14.6. The lowest BCUT2D eigenvalue weighted by Crippen LogP contribution is -2.56. The average Bonchev–Trinajstić information content (AvgIpc) is 2.47. The third-order valence-electron chi connectivity index (χ3n) is 5.94. The van der Waals surface area contributed by atoms with Crippen LogP contribution in [0, 0.1) is 11.3 Å². The van der Waals surface area contributed by atoms with Crippen molar-refractivity contribution in [3.63, 3.8) is 0 Å². The van der Waals surface area contributed by atoms with Crippen LogP contribution in [0.15, 0.2) is 0 Å². The molecule has 1 saturated carbocycles. The van der Waals surface area contributed by atoms with Gasteiger partial charge in [0, 0.05) is 11.6 Å². The van der Waals surface area contributed by atoms with E-state index in [0.29, 0.717) is 11.5 Å². The van der Waals surface area contributed by atoms with E-state index < -0.39 is 0 Å². The van der Waals surface area contributed by atoms with Crippen LogP contribution in [-0.4, -0.2) is 47.8 Å². The molecule has 2 unspecified atom stereocenters. The molecule has 2 rings (SSSR count). The molecule has 0 amide bonds. The molecule has 2 aliphatic rings. The van der Waals surface area contributed by atoms with Crippen LogP contribution in [0.2, 0.25) is 0 Å². The second-order valence-electron chi connectivity index (χ2n) is 8.40. The maximum atomic E-state index is 9.86. The molecule has 1 aliphatic heterocycles. The van der Waals surface area contributed by atoms with E-state index in [4.69, 9.17) is 0 Å². The van der Waals surface area contributed by atoms with Crippen molar-refractivity contribution >= 4 is 0 Å². The van der Waals surface area contributed by atoms with Gasteiger partial charge < -0.3 is 15.3 Å². The first-order chi connectivity index (χ1) is 9.90. The molecule has 0 radical (unpaired) electrons. The summed E-state index contributed by atoms with van der Waals surface area (Å²) in [6, 6.07) is 0.672. The van der Waals surface area contributed by atoms with E-state index in [9.17, 15) is 5.11 Å². The van der Waals surface area contributed by atoms with Gasteiger partial charge in [-0.15, -0.1) is 0 Å². The number of aliphatic hydroxyl groups excluding tert-OH is 1. The van der Waals surface area contributed by atoms with Gasteiger partial charge >= 0.3 is 0 Å². The minimum atomic E-state index is -0.0153. The number of rotatable bonds is 4. The largest absolute Gasteiger partial charge is 0.394 e. The normalized spacial score (nSPS) is 33.3. The summed E-state index contributed by atoms with van der Waals surface area (Å²) in [4.78, 5) is 2.71. The zero-order chi connectivity index (χ0) is 15.5. The Hall–Kier alpha value is -0.120. The van der Waals surface area contributed by atoms with Crippen LogP contribution in [0.5, 0.6) is 0 Å². The summed E-state index contributed by atoms with van der Waals surface area (Å²) in [6.45, 7) is 13.0. The van der Waals surface area contributed by atoms with Crippen molar-refractivity contribution in [3.8, 4) is 0 Å². The first kappa shape index (κ1) is 17.2. The van der Waals surface area contributed by atoms with Crippen LogP contribution in [-0.2, 0) is 0 Å². The number of likely N-dealkylation sites (tertiary alicyclic amines) is 1. The topological polar surface area (TPSA) is 35.5 Å². The van der Waals surface area contributed by atoms with Gasteiger partial charge in [-0.2, -0.15) is 0 Å². The Morgan fingerprint density at radius 3 is 2.38 bits per heavy atom. The van der Waals surface area contributed by atoms with Gasteiger partial charge in [-0.1, -0.05) is 27.7 Å². The lowest BCUT2D eigenvalue weighted by atomic mass is 9.74. The highest BCUT2D eigenvalue weighted by Gasteiger charge is 2.39. The Morgan fingerprint density at radius 2 is 1.86 bits per heavy atom. The summed E-state index contributed by atoms with van der Waals surface area (Å²) in [5.74, 6) is 0.869. The lowest BCUT2D eigenvalue weighted by molar-refractivity contribution is 0.0289. The Kier molecular flexibility index (Phi) is 5.72. The summed E-state index contributed by atoms with van der Waals surface area (Å²) in [5, 5.41) is 13.4. The molecule has 2 N–H and O–H groups in total. The second-order valence-corrected chi connectivity index (χ2v) is 8.40. The molecule has 0 aromatic heterocycles. The first-order valence-corrected chi connectivity index (χ1v) is 9.00. The van der Waals surface area contributed by atoms with Crippen molar-refractivity contribution in [2.45, 2.75) is 77.8 Å². The minimum Gasteiger partial charge on any atom is -0.394 e. The van der Waals surface area contributed by atoms with Crippen LogP contribution < -0.4 is 5.32 Å². The van der Waals surface area contributed by atoms with Gasteiger partial charge in [0.2, 0.25) is 0 Å². The van der Waals surface area contributed by atoms with Crippen molar-refractivity contribution < 1.29 is 5.11 Å². The SMILES string of the molecule is CCNC1(CO)CCCC(N2CCC(C(C)(C)C)CC2)C1. The molecule has 1 heterocycles. The molecule has 1 saturated heterocycles. The Labute approximate surface area is 131 Å². The third kappa shape index (κ3) is 4.20. The molecule has 0 aromatic rings. The van der Waals surface area contributed by atoms with Crippen molar-refractivity contribution in [1.29, 1.82) is 0 Å². The fourth-order valence-electron chi connectivity index (χ4n) is 4.51. The van der Waals surface area contributed by atoms with Gasteiger partial charge in [0.25, 0.3) is 0 Å². The van der Waals surface area contributed by atoms with E-state index in [2.05, 4.69) is 37.9 Å². The van der Waals surface area contributed by atoms with Crippen LogP contribution >= 0.6 is 0 Å². The summed E-state index contributed by atoms with van der Waals surface area (Å²) < 4.78 is 0. The van der Waals surface area contributed by atoms with Crippen LogP contribution in [0.3, 0.4) is 0 Å². The van der Waals surface area contributed by atoms with Crippen LogP contribution in [0.4, 0.5) is 0 Å². The monoisotopic (exact) mass is 296 g/mol. The van der Waals surface area contributed by atoms with E-state index in [1.54, 1.807) is 0 Å². The van der Waals surface area contributed by atoms with E-state index in [1.807, 2.05) is 0 Å². The van der Waals surface area contributed by atoms with Gasteiger partial charge in [-0.25, -0.2) is 0 Å². The number of nitrogens with one attached hydrogen (secondary N) is 1. The molecule has 21 heavy (non-hydrogen) atoms. The summed E-state index contributed by atoms with van der Waals surface area (Å²) >= 11 is 0. The Bertz CT molecular complexity index is 314. The maximum Gasteiger partial charge on any atom is 0.0613 e. The van der Waals surface area contributed by atoms with E-state index in [-0.39, 0.29) is 12.1 Å². The average molecular weight is 296 g/mol. The number of aliphatic hydroxyl groups is 1. The Balaban J connectivity index is 1.91. The zero-order valence-corrected chi connectivity index (χ0v) is 14.6. The van der Waals surface area contributed by atoms with E-state index in [1.165, 1.54) is 38.8 Å². The number of likely N-dealkylation sites (N-methyl/N-ethyl adjacent to an activating group) is 1. The van der Waals surface area contributed by atoms with E-state index in [0.717, 1.165) is 25.3 Å². The summed E-state index contributed by atoms with van der Waals surface area (Å²) in [6.07, 6.45) is 7.50. The van der Waals surface area contributed by atoms with Gasteiger partial charge in [0.15, 0.2) is 0 Å². The number of hydrogen-bond donors (Lipinski definition) is 2. The van der Waals surface area contributed by atoms with Gasteiger partial charge in [0.05, 0.1) is 6.61 Å². The highest BCUT2D eigenvalue weighted by molar-refractivity contribution is 4.97. The van der Waals surface area contributed by atoms with Gasteiger partial charge in [-0.3, -0.25) is 0 Å². The molecule has 0 aromatic carbocycles. The summed E-state index contributed by atoms with van der Waals surface area (Å²) in [5.41, 5.74) is 0.440. The molecule has 3 nitrogen and oxygen atoms in total. The number of hydrogen-bond acceptors (Lipinski definition) is 3. The molecule has 124 valence electrons. The molecular formula is C18H36N2O. The maximum absolute atomic E-state index is 9.86. The fraction of sp³-hybridized carbons (Fsp3) is 1.00. The smallest absolute Gasteiger partial charge is 0.0613 e. The minimum absolute atomic E-state index is 0.0153. The van der Waals surface area contributed by atoms with Crippen LogP contribution in [0.1, 0.15) is 66.2 Å². The van der Waals surface area contributed by atoms with Crippen molar-refractivity contribution in [3.05, 3.63) is 0 Å². The number of piperidine rings is 1. The fourth-order valence-corrected chi connectivity index (χ4v) is 4.51. The number of nitrogens with zero attached hydrogens (tertiary/aromatic N) is 1. The Morgan fingerprint density at radius 1 is 1.19 bits per heavy atom. The van der Waals surface area contributed by atoms with Crippen molar-refractivity contribution in [1.82, 2.24) is 10.2 Å². The van der Waals surface area contributed by atoms with Crippen molar-refractivity contribution in [2.24, 2.45) is 11.3 Å². The summed E-state index contributed by atoms with van der Waals surface area (Å²) in [7, 11) is 0. The quantitative estimate of drug-likeness (QED) is 0.837. The standard InChI is InChI=1S/C18H36N2O/c1-5-19-18(14-21)10-6-7-16(13-18)20-11-8-15(9-12-20)17(2,3)4/h15-16,19,21H,5-14H2,1-4H3. The highest BCUT2D eigenvalue weighted by atomic mass is 16.3. The molecular weight excluding hydrogens is 260 g/mol. The first-order valence-electron chi connectivity index (χ1n) is 9.00. The van der Waals surface area contributed by atoms with E-state index >= 15 is 0 Å². The van der Waals surface area contributed by atoms with Gasteiger partial charge in [0.1, 0.15) is 0 Å². The predicted octanol–water partition coefficient (Wildman–Crippen LogP) is 3.03.